The van der Waals surface area contributed by atoms with Crippen LogP contribution in [-0.4, -0.2) is 12.2 Å². The second-order valence-electron chi connectivity index (χ2n) is 3.64. The molecule has 0 aliphatic carbocycles. The van der Waals surface area contributed by atoms with Gasteiger partial charge in [0, 0.05) is 13.1 Å². The maximum atomic E-state index is 10.2. The zero-order valence-corrected chi connectivity index (χ0v) is 7.55. The van der Waals surface area contributed by atoms with E-state index in [9.17, 15) is 4.79 Å². The fourth-order valence-electron chi connectivity index (χ4n) is 0.423. The van der Waals surface area contributed by atoms with E-state index in [0.717, 1.165) is 6.42 Å². The molecule has 0 bridgehead atoms. The Labute approximate surface area is 67.4 Å². The van der Waals surface area contributed by atoms with Crippen LogP contribution < -0.4 is 0 Å². The highest BCUT2D eigenvalue weighted by atomic mass is 16.7. The van der Waals surface area contributed by atoms with Gasteiger partial charge in [-0.1, -0.05) is 25.9 Å². The topological polar surface area (TPSA) is 38.7 Å². The van der Waals surface area contributed by atoms with Crippen molar-refractivity contribution >= 4 is 12.2 Å². The molecule has 0 heterocycles. The predicted octanol–water partition coefficient (Wildman–Crippen LogP) is 1.97. The van der Waals surface area contributed by atoms with Crippen LogP contribution >= 0.6 is 0 Å². The van der Waals surface area contributed by atoms with Crippen molar-refractivity contribution in [2.45, 2.75) is 34.1 Å². The number of hydrogen-bond donors (Lipinski definition) is 0. The third-order valence-corrected chi connectivity index (χ3v) is 0.959. The largest absolute Gasteiger partial charge is 0.331 e. The average molecular weight is 157 g/mol. The minimum Gasteiger partial charge on any atom is -0.319 e. The first kappa shape index (κ1) is 10.1. The van der Waals surface area contributed by atoms with Crippen molar-refractivity contribution in [2.75, 3.05) is 0 Å². The van der Waals surface area contributed by atoms with Gasteiger partial charge in [-0.05, 0) is 11.8 Å². The number of carbonyl (C=O) groups excluding carboxylic acids is 1. The van der Waals surface area contributed by atoms with E-state index in [0.29, 0.717) is 0 Å². The van der Waals surface area contributed by atoms with E-state index in [1.165, 1.54) is 6.92 Å². The molecule has 3 heteroatoms. The Hall–Kier alpha value is -0.860. The van der Waals surface area contributed by atoms with Gasteiger partial charge in [-0.3, -0.25) is 0 Å². The minimum absolute atomic E-state index is 0.198. The molecule has 0 fully saturated rings. The SMILES string of the molecule is CC(=O)ON=CCC(C)(C)C. The van der Waals surface area contributed by atoms with Crippen LogP contribution in [0.4, 0.5) is 0 Å². The van der Waals surface area contributed by atoms with Crippen LogP contribution in [0.3, 0.4) is 0 Å². The number of carbonyl (C=O) groups is 1. The number of nitrogens with zero attached hydrogens (tertiary/aromatic N) is 1. The van der Waals surface area contributed by atoms with Gasteiger partial charge in [0.05, 0.1) is 0 Å². The van der Waals surface area contributed by atoms with Gasteiger partial charge < -0.3 is 4.84 Å². The summed E-state index contributed by atoms with van der Waals surface area (Å²) >= 11 is 0. The van der Waals surface area contributed by atoms with E-state index in [4.69, 9.17) is 0 Å². The van der Waals surface area contributed by atoms with Gasteiger partial charge in [0.15, 0.2) is 0 Å². The van der Waals surface area contributed by atoms with Gasteiger partial charge >= 0.3 is 5.97 Å². The molecule has 0 radical (unpaired) electrons. The van der Waals surface area contributed by atoms with Gasteiger partial charge in [-0.25, -0.2) is 4.79 Å². The molecule has 0 rings (SSSR count). The first-order valence-corrected chi connectivity index (χ1v) is 3.61. The van der Waals surface area contributed by atoms with Crippen molar-refractivity contribution < 1.29 is 9.63 Å². The van der Waals surface area contributed by atoms with Crippen molar-refractivity contribution in [3.05, 3.63) is 0 Å². The summed E-state index contributed by atoms with van der Waals surface area (Å²) in [5, 5.41) is 3.48. The summed E-state index contributed by atoms with van der Waals surface area (Å²) in [4.78, 5) is 14.6. The smallest absolute Gasteiger partial charge is 0.319 e. The summed E-state index contributed by atoms with van der Waals surface area (Å²) in [7, 11) is 0. The molecule has 11 heavy (non-hydrogen) atoms. The highest BCUT2D eigenvalue weighted by Crippen LogP contribution is 2.15. The maximum absolute atomic E-state index is 10.2. The van der Waals surface area contributed by atoms with Crippen LogP contribution in [0.5, 0.6) is 0 Å². The van der Waals surface area contributed by atoms with Gasteiger partial charge in [0.25, 0.3) is 0 Å². The molecule has 0 aromatic carbocycles. The molecule has 3 nitrogen and oxygen atoms in total. The monoisotopic (exact) mass is 157 g/mol. The Morgan fingerprint density at radius 1 is 1.55 bits per heavy atom. The summed E-state index contributed by atoms with van der Waals surface area (Å²) in [6.45, 7) is 7.60. The quantitative estimate of drug-likeness (QED) is 0.349. The van der Waals surface area contributed by atoms with E-state index in [2.05, 4.69) is 30.8 Å². The van der Waals surface area contributed by atoms with Crippen molar-refractivity contribution in [3.63, 3.8) is 0 Å². The molecular formula is C8H15NO2. The van der Waals surface area contributed by atoms with Gasteiger partial charge in [0.2, 0.25) is 0 Å². The molecule has 0 atom stereocenters. The Bertz CT molecular complexity index is 156. The van der Waals surface area contributed by atoms with E-state index < -0.39 is 0 Å². The second-order valence-corrected chi connectivity index (χ2v) is 3.64. The Kier molecular flexibility index (Phi) is 3.79. The summed E-state index contributed by atoms with van der Waals surface area (Å²) in [5.74, 6) is -0.379. The second kappa shape index (κ2) is 4.11. The fourth-order valence-corrected chi connectivity index (χ4v) is 0.423. The van der Waals surface area contributed by atoms with Crippen LogP contribution in [0.2, 0.25) is 0 Å². The lowest BCUT2D eigenvalue weighted by Crippen LogP contribution is -2.05. The van der Waals surface area contributed by atoms with Crippen LogP contribution in [0.15, 0.2) is 5.16 Å². The average Bonchev–Trinajstić information content (AvgIpc) is 1.78. The standard InChI is InChI=1S/C8H15NO2/c1-7(10)11-9-6-5-8(2,3)4/h6H,5H2,1-4H3. The molecule has 0 unspecified atom stereocenters. The van der Waals surface area contributed by atoms with Gasteiger partial charge in [0.1, 0.15) is 0 Å². The summed E-state index contributed by atoms with van der Waals surface area (Å²) < 4.78 is 0. The molecule has 0 aromatic rings. The molecule has 0 aliphatic heterocycles. The third kappa shape index (κ3) is 9.14. The van der Waals surface area contributed by atoms with E-state index in [1.807, 2.05) is 0 Å². The number of oxime groups is 1. The highest BCUT2D eigenvalue weighted by Gasteiger charge is 2.07. The molecule has 0 aromatic heterocycles. The highest BCUT2D eigenvalue weighted by molar-refractivity contribution is 5.67. The fraction of sp³-hybridized carbons (Fsp3) is 0.750. The van der Waals surface area contributed by atoms with Crippen LogP contribution in [0, 0.1) is 5.41 Å². The van der Waals surface area contributed by atoms with Crippen molar-refractivity contribution in [2.24, 2.45) is 10.6 Å². The first-order valence-electron chi connectivity index (χ1n) is 3.61. The van der Waals surface area contributed by atoms with Crippen LogP contribution in [-0.2, 0) is 9.63 Å². The minimum atomic E-state index is -0.379. The molecule has 0 saturated carbocycles. The first-order chi connectivity index (χ1) is 4.92. The van der Waals surface area contributed by atoms with Gasteiger partial charge in [-0.15, -0.1) is 0 Å². The number of rotatable bonds is 2. The van der Waals surface area contributed by atoms with E-state index >= 15 is 0 Å². The molecular weight excluding hydrogens is 142 g/mol. The summed E-state index contributed by atoms with van der Waals surface area (Å²) in [5.41, 5.74) is 0.198. The molecule has 0 amide bonds. The molecule has 0 spiro atoms. The zero-order valence-electron chi connectivity index (χ0n) is 7.55. The number of hydrogen-bond acceptors (Lipinski definition) is 3. The Morgan fingerprint density at radius 3 is 2.45 bits per heavy atom. The van der Waals surface area contributed by atoms with Crippen LogP contribution in [0.25, 0.3) is 0 Å². The van der Waals surface area contributed by atoms with E-state index in [1.54, 1.807) is 6.21 Å². The molecule has 0 aliphatic rings. The summed E-state index contributed by atoms with van der Waals surface area (Å²) in [6, 6.07) is 0. The van der Waals surface area contributed by atoms with E-state index in [-0.39, 0.29) is 11.4 Å². The lowest BCUT2D eigenvalue weighted by atomic mass is 9.93. The predicted molar refractivity (Wildman–Crippen MR) is 44.3 cm³/mol. The summed E-state index contributed by atoms with van der Waals surface area (Å²) in [6.07, 6.45) is 2.42. The lowest BCUT2D eigenvalue weighted by Gasteiger charge is -2.13. The van der Waals surface area contributed by atoms with Crippen molar-refractivity contribution in [1.29, 1.82) is 0 Å². The van der Waals surface area contributed by atoms with Crippen molar-refractivity contribution in [1.82, 2.24) is 0 Å². The van der Waals surface area contributed by atoms with Gasteiger partial charge in [-0.2, -0.15) is 0 Å². The van der Waals surface area contributed by atoms with Crippen LogP contribution in [0.1, 0.15) is 34.1 Å². The lowest BCUT2D eigenvalue weighted by molar-refractivity contribution is -0.140. The van der Waals surface area contributed by atoms with Crippen molar-refractivity contribution in [3.8, 4) is 0 Å². The molecule has 0 N–H and O–H groups in total. The molecule has 0 saturated heterocycles. The normalized spacial score (nSPS) is 12.0. The molecule has 64 valence electrons. The zero-order chi connectivity index (χ0) is 8.91. The third-order valence-electron chi connectivity index (χ3n) is 0.959. The maximum Gasteiger partial charge on any atom is 0.331 e. The Morgan fingerprint density at radius 2 is 2.09 bits per heavy atom. The Balaban J connectivity index is 3.53.